The Morgan fingerprint density at radius 3 is 2.38 bits per heavy atom. The lowest BCUT2D eigenvalue weighted by atomic mass is 10.2. The van der Waals surface area contributed by atoms with E-state index in [-0.39, 0.29) is 6.61 Å². The van der Waals surface area contributed by atoms with Crippen LogP contribution in [0, 0.1) is 0 Å². The van der Waals surface area contributed by atoms with Gasteiger partial charge in [0.05, 0.1) is 6.61 Å². The first-order chi connectivity index (χ1) is 6.08. The van der Waals surface area contributed by atoms with Crippen LogP contribution in [0.15, 0.2) is 30.3 Å². The molecule has 5 heteroatoms. The summed E-state index contributed by atoms with van der Waals surface area (Å²) in [5, 5.41) is 0. The van der Waals surface area contributed by atoms with Gasteiger partial charge in [0, 0.05) is 0 Å². The minimum atomic E-state index is -3.36. The highest BCUT2D eigenvalue weighted by molar-refractivity contribution is 8.05. The van der Waals surface area contributed by atoms with Gasteiger partial charge in [-0.15, -0.1) is 0 Å². The van der Waals surface area contributed by atoms with Crippen molar-refractivity contribution in [2.24, 2.45) is 0 Å². The molecule has 0 aliphatic carbocycles. The zero-order valence-corrected chi connectivity index (χ0v) is 9.23. The van der Waals surface area contributed by atoms with Crippen LogP contribution in [0.2, 0.25) is 0 Å². The first-order valence-electron chi connectivity index (χ1n) is 3.76. The average molecular weight is 239 g/mol. The summed E-state index contributed by atoms with van der Waals surface area (Å²) in [6, 6.07) is 9.69. The van der Waals surface area contributed by atoms with Crippen molar-refractivity contribution in [3.63, 3.8) is 0 Å². The van der Waals surface area contributed by atoms with Gasteiger partial charge in [-0.2, -0.15) is 0 Å². The van der Waals surface area contributed by atoms with Gasteiger partial charge in [0.25, 0.3) is 0 Å². The van der Waals surface area contributed by atoms with Crippen LogP contribution < -0.4 is 0 Å². The van der Waals surface area contributed by atoms with Crippen LogP contribution in [0.4, 0.5) is 0 Å². The fraction of sp³-hybridized carbons (Fsp3) is 0.250. The van der Waals surface area contributed by atoms with Gasteiger partial charge in [-0.25, -0.2) is 0 Å². The van der Waals surface area contributed by atoms with Crippen LogP contribution in [0.5, 0.6) is 0 Å². The van der Waals surface area contributed by atoms with E-state index >= 15 is 0 Å². The van der Waals surface area contributed by atoms with Crippen molar-refractivity contribution >= 4 is 28.6 Å². The van der Waals surface area contributed by atoms with Crippen molar-refractivity contribution in [1.82, 2.24) is 0 Å². The van der Waals surface area contributed by atoms with Gasteiger partial charge in [-0.3, -0.25) is 4.57 Å². The van der Waals surface area contributed by atoms with Crippen molar-refractivity contribution in [3.8, 4) is 0 Å². The topological polar surface area (TPSA) is 26.3 Å². The maximum absolute atomic E-state index is 10.7. The highest BCUT2D eigenvalue weighted by atomic mass is 35.9. The monoisotopic (exact) mass is 238 g/mol. The molecule has 13 heavy (non-hydrogen) atoms. The number of hydrogen-bond acceptors (Lipinski definition) is 2. The fourth-order valence-corrected chi connectivity index (χ4v) is 1.63. The molecule has 0 saturated carbocycles. The summed E-state index contributed by atoms with van der Waals surface area (Å²) in [6.45, 7) is 0.272. The lowest BCUT2D eigenvalue weighted by Gasteiger charge is -2.03. The van der Waals surface area contributed by atoms with Crippen LogP contribution in [-0.4, -0.2) is 6.61 Å². The van der Waals surface area contributed by atoms with Gasteiger partial charge >= 0.3 is 6.07 Å². The van der Waals surface area contributed by atoms with Crippen molar-refractivity contribution < 1.29 is 9.09 Å². The smallest absolute Gasteiger partial charge is 0.306 e. The molecule has 0 saturated heterocycles. The molecule has 0 heterocycles. The molecule has 1 aromatic carbocycles. The fourth-order valence-electron chi connectivity index (χ4n) is 0.914. The van der Waals surface area contributed by atoms with Crippen LogP contribution in [0.3, 0.4) is 0 Å². The van der Waals surface area contributed by atoms with Gasteiger partial charge in [0.1, 0.15) is 0 Å². The van der Waals surface area contributed by atoms with E-state index in [0.29, 0.717) is 6.42 Å². The minimum absolute atomic E-state index is 0.272. The Morgan fingerprint density at radius 2 is 1.85 bits per heavy atom. The highest BCUT2D eigenvalue weighted by Gasteiger charge is 2.13. The summed E-state index contributed by atoms with van der Waals surface area (Å²) >= 11 is 10.4. The normalized spacial score (nSPS) is 11.5. The first-order valence-corrected chi connectivity index (χ1v) is 7.19. The third kappa shape index (κ3) is 5.33. The molecular weight excluding hydrogens is 230 g/mol. The Balaban J connectivity index is 2.33. The molecule has 0 N–H and O–H groups in total. The van der Waals surface area contributed by atoms with Crippen LogP contribution in [0.1, 0.15) is 5.56 Å². The predicted molar refractivity (Wildman–Crippen MR) is 55.4 cm³/mol. The molecule has 0 radical (unpaired) electrons. The SMILES string of the molecule is O=P(Cl)(Cl)OCCc1ccccc1. The van der Waals surface area contributed by atoms with Crippen molar-refractivity contribution in [3.05, 3.63) is 35.9 Å². The maximum Gasteiger partial charge on any atom is 0.380 e. The molecule has 1 aromatic rings. The van der Waals surface area contributed by atoms with Gasteiger partial charge in [-0.05, 0) is 34.5 Å². The molecular formula is C8H9Cl2O2P. The molecule has 0 aliphatic heterocycles. The Bertz CT molecular complexity index is 296. The molecule has 0 aromatic heterocycles. The molecule has 0 aliphatic rings. The zero-order valence-electron chi connectivity index (χ0n) is 6.82. The Labute approximate surface area is 86.8 Å². The second kappa shape index (κ2) is 5.02. The largest absolute Gasteiger partial charge is 0.380 e. The quantitative estimate of drug-likeness (QED) is 0.746. The number of hydrogen-bond donors (Lipinski definition) is 0. The van der Waals surface area contributed by atoms with E-state index in [9.17, 15) is 4.57 Å². The summed E-state index contributed by atoms with van der Waals surface area (Å²) in [5.41, 5.74) is 1.10. The molecule has 0 atom stereocenters. The molecule has 0 fully saturated rings. The average Bonchev–Trinajstić information content (AvgIpc) is 2.04. The van der Waals surface area contributed by atoms with E-state index in [0.717, 1.165) is 5.56 Å². The number of benzene rings is 1. The summed E-state index contributed by atoms with van der Waals surface area (Å²) in [5.74, 6) is 0. The second-order valence-electron chi connectivity index (χ2n) is 2.48. The van der Waals surface area contributed by atoms with E-state index < -0.39 is 6.07 Å². The standard InChI is InChI=1S/C8H9Cl2O2P/c9-13(10,11)12-7-6-8-4-2-1-3-5-8/h1-5H,6-7H2. The Hall–Kier alpha value is -0.0100. The van der Waals surface area contributed by atoms with E-state index in [1.807, 2.05) is 30.3 Å². The highest BCUT2D eigenvalue weighted by Crippen LogP contribution is 2.57. The van der Waals surface area contributed by atoms with E-state index in [1.54, 1.807) is 0 Å². The molecule has 0 spiro atoms. The van der Waals surface area contributed by atoms with Crippen molar-refractivity contribution in [2.75, 3.05) is 6.61 Å². The summed E-state index contributed by atoms with van der Waals surface area (Å²) in [4.78, 5) is 0. The van der Waals surface area contributed by atoms with Crippen LogP contribution in [-0.2, 0) is 15.5 Å². The number of rotatable bonds is 4. The van der Waals surface area contributed by atoms with Gasteiger partial charge in [0.2, 0.25) is 0 Å². The molecule has 2 nitrogen and oxygen atoms in total. The molecule has 1 rings (SSSR count). The van der Waals surface area contributed by atoms with Gasteiger partial charge < -0.3 is 4.52 Å². The lowest BCUT2D eigenvalue weighted by Crippen LogP contribution is -1.92. The maximum atomic E-state index is 10.7. The van der Waals surface area contributed by atoms with Gasteiger partial charge in [0.15, 0.2) is 0 Å². The third-order valence-electron chi connectivity index (χ3n) is 1.48. The molecule has 0 amide bonds. The summed E-state index contributed by atoms with van der Waals surface area (Å²) in [7, 11) is 0. The molecule has 0 bridgehead atoms. The zero-order chi connectivity index (χ0) is 9.73. The van der Waals surface area contributed by atoms with Gasteiger partial charge in [-0.1, -0.05) is 30.3 Å². The van der Waals surface area contributed by atoms with Crippen LogP contribution >= 0.6 is 28.6 Å². The third-order valence-corrected chi connectivity index (χ3v) is 2.54. The van der Waals surface area contributed by atoms with Crippen molar-refractivity contribution in [2.45, 2.75) is 6.42 Å². The van der Waals surface area contributed by atoms with Crippen LogP contribution in [0.25, 0.3) is 0 Å². The van der Waals surface area contributed by atoms with E-state index in [1.165, 1.54) is 0 Å². The molecule has 0 unspecified atom stereocenters. The minimum Gasteiger partial charge on any atom is -0.306 e. The van der Waals surface area contributed by atoms with Crippen molar-refractivity contribution in [1.29, 1.82) is 0 Å². The summed E-state index contributed by atoms with van der Waals surface area (Å²) < 4.78 is 15.4. The van der Waals surface area contributed by atoms with E-state index in [2.05, 4.69) is 0 Å². The Kier molecular flexibility index (Phi) is 4.27. The first kappa shape index (κ1) is 11.1. The predicted octanol–water partition coefficient (Wildman–Crippen LogP) is 3.83. The summed E-state index contributed by atoms with van der Waals surface area (Å²) in [6.07, 6.45) is -2.70. The van der Waals surface area contributed by atoms with E-state index in [4.69, 9.17) is 27.0 Å². The number of halogens is 2. The Morgan fingerprint density at radius 1 is 1.23 bits per heavy atom. The second-order valence-corrected chi connectivity index (χ2v) is 6.76. The molecule has 72 valence electrons. The lowest BCUT2D eigenvalue weighted by molar-refractivity contribution is 0.338.